The fourth-order valence-electron chi connectivity index (χ4n) is 2.25. The first-order valence-electron chi connectivity index (χ1n) is 7.37. The van der Waals surface area contributed by atoms with Gasteiger partial charge in [-0.15, -0.1) is 0 Å². The van der Waals surface area contributed by atoms with Crippen LogP contribution in [0.2, 0.25) is 0 Å². The average molecular weight is 308 g/mol. The highest BCUT2D eigenvalue weighted by molar-refractivity contribution is 6.62. The molecule has 0 radical (unpaired) electrons. The molecule has 1 fully saturated rings. The highest BCUT2D eigenvalue weighted by atomic mass is 19.1. The van der Waals surface area contributed by atoms with Crippen LogP contribution in [0.15, 0.2) is 18.2 Å². The zero-order valence-corrected chi connectivity index (χ0v) is 13.7. The third kappa shape index (κ3) is 3.33. The lowest BCUT2D eigenvalue weighted by Gasteiger charge is -2.32. The molecule has 1 aromatic carbocycles. The van der Waals surface area contributed by atoms with Gasteiger partial charge in [-0.3, -0.25) is 4.79 Å². The van der Waals surface area contributed by atoms with Crippen LogP contribution in [0.4, 0.5) is 4.39 Å². The molecule has 120 valence electrons. The predicted molar refractivity (Wildman–Crippen MR) is 82.5 cm³/mol. The van der Waals surface area contributed by atoms with Gasteiger partial charge in [-0.1, -0.05) is 12.1 Å². The third-order valence-electron chi connectivity index (χ3n) is 4.42. The van der Waals surface area contributed by atoms with Crippen LogP contribution in [0.5, 0.6) is 0 Å². The lowest BCUT2D eigenvalue weighted by Crippen LogP contribution is -2.41. The van der Waals surface area contributed by atoms with Crippen molar-refractivity contribution >= 4 is 18.6 Å². The van der Waals surface area contributed by atoms with Crippen molar-refractivity contribution in [2.24, 2.45) is 0 Å². The number of benzene rings is 1. The second kappa shape index (κ2) is 6.01. The van der Waals surface area contributed by atoms with Gasteiger partial charge in [0.1, 0.15) is 5.82 Å². The first-order valence-corrected chi connectivity index (χ1v) is 7.37. The number of aryl methyl sites for hydroxylation is 1. The molecule has 6 heteroatoms. The summed E-state index contributed by atoms with van der Waals surface area (Å²) in [4.78, 5) is 11.2. The van der Waals surface area contributed by atoms with E-state index in [-0.39, 0.29) is 24.6 Å². The monoisotopic (exact) mass is 308 g/mol. The first-order chi connectivity index (χ1) is 10.2. The minimum Gasteiger partial charge on any atom is -0.469 e. The van der Waals surface area contributed by atoms with E-state index in [0.717, 1.165) is 5.46 Å². The van der Waals surface area contributed by atoms with E-state index >= 15 is 0 Å². The zero-order chi connectivity index (χ0) is 16.5. The molecule has 1 aliphatic rings. The van der Waals surface area contributed by atoms with E-state index in [1.807, 2.05) is 27.7 Å². The molecule has 1 aliphatic heterocycles. The van der Waals surface area contributed by atoms with Crippen LogP contribution in [0.1, 0.15) is 39.7 Å². The molecule has 0 aliphatic carbocycles. The Morgan fingerprint density at radius 3 is 2.36 bits per heavy atom. The van der Waals surface area contributed by atoms with Gasteiger partial charge in [-0.2, -0.15) is 0 Å². The van der Waals surface area contributed by atoms with Crippen molar-refractivity contribution in [1.82, 2.24) is 0 Å². The summed E-state index contributed by atoms with van der Waals surface area (Å²) >= 11 is 0. The van der Waals surface area contributed by atoms with Crippen LogP contribution in [-0.2, 0) is 25.3 Å². The number of carbonyl (C=O) groups excluding carboxylic acids is 1. The summed E-state index contributed by atoms with van der Waals surface area (Å²) < 4.78 is 30.4. The Hall–Kier alpha value is -1.40. The van der Waals surface area contributed by atoms with Gasteiger partial charge in [0, 0.05) is 6.42 Å². The SMILES string of the molecule is COC(=O)CCc1cc(B2OC(C)(C)C(C)(C)O2)ccc1F. The number of rotatable bonds is 4. The summed E-state index contributed by atoms with van der Waals surface area (Å²) in [5, 5.41) is 0. The molecule has 0 N–H and O–H groups in total. The van der Waals surface area contributed by atoms with Gasteiger partial charge >= 0.3 is 13.1 Å². The molecule has 0 spiro atoms. The number of ether oxygens (including phenoxy) is 1. The largest absolute Gasteiger partial charge is 0.494 e. The Balaban J connectivity index is 2.18. The minimum atomic E-state index is -0.539. The highest BCUT2D eigenvalue weighted by Crippen LogP contribution is 2.36. The Bertz CT molecular complexity index is 555. The minimum absolute atomic E-state index is 0.139. The van der Waals surface area contributed by atoms with Crippen LogP contribution < -0.4 is 5.46 Å². The molecular formula is C16H22BFO4. The van der Waals surface area contributed by atoms with Gasteiger partial charge in [-0.25, -0.2) is 4.39 Å². The number of esters is 1. The Morgan fingerprint density at radius 2 is 1.82 bits per heavy atom. The Morgan fingerprint density at radius 1 is 1.23 bits per heavy atom. The topological polar surface area (TPSA) is 44.8 Å². The Labute approximate surface area is 131 Å². The first kappa shape index (κ1) is 17.0. The summed E-state index contributed by atoms with van der Waals surface area (Å²) in [5.41, 5.74) is 0.314. The van der Waals surface area contributed by atoms with E-state index in [1.165, 1.54) is 13.2 Å². The molecule has 1 aromatic rings. The zero-order valence-electron chi connectivity index (χ0n) is 13.7. The maximum atomic E-state index is 13.9. The maximum Gasteiger partial charge on any atom is 0.494 e. The standard InChI is InChI=1S/C16H22BFO4/c1-15(2)16(3,4)22-17(21-15)12-7-8-13(18)11(10-12)6-9-14(19)20-5/h7-8,10H,6,9H2,1-5H3. The van der Waals surface area contributed by atoms with Gasteiger partial charge < -0.3 is 14.0 Å². The molecule has 0 atom stereocenters. The summed E-state index contributed by atoms with van der Waals surface area (Å²) in [7, 11) is 0.780. The van der Waals surface area contributed by atoms with Crippen molar-refractivity contribution in [2.75, 3.05) is 7.11 Å². The maximum absolute atomic E-state index is 13.9. The van der Waals surface area contributed by atoms with E-state index in [1.54, 1.807) is 12.1 Å². The van der Waals surface area contributed by atoms with Crippen LogP contribution in [0.25, 0.3) is 0 Å². The van der Waals surface area contributed by atoms with Crippen molar-refractivity contribution in [3.8, 4) is 0 Å². The van der Waals surface area contributed by atoms with Crippen LogP contribution in [0.3, 0.4) is 0 Å². The molecule has 0 unspecified atom stereocenters. The van der Waals surface area contributed by atoms with Gasteiger partial charge in [0.15, 0.2) is 0 Å². The predicted octanol–water partition coefficient (Wildman–Crippen LogP) is 2.23. The lowest BCUT2D eigenvalue weighted by molar-refractivity contribution is -0.140. The highest BCUT2D eigenvalue weighted by Gasteiger charge is 2.51. The van der Waals surface area contributed by atoms with Gasteiger partial charge in [0.05, 0.1) is 18.3 Å². The van der Waals surface area contributed by atoms with Crippen molar-refractivity contribution < 1.29 is 23.2 Å². The van der Waals surface area contributed by atoms with Gasteiger partial charge in [0.25, 0.3) is 0 Å². The molecule has 0 saturated carbocycles. The van der Waals surface area contributed by atoms with Crippen molar-refractivity contribution in [3.05, 3.63) is 29.6 Å². The second-order valence-electron chi connectivity index (χ2n) is 6.52. The van der Waals surface area contributed by atoms with Crippen molar-refractivity contribution in [1.29, 1.82) is 0 Å². The Kier molecular flexibility index (Phi) is 4.63. The molecule has 22 heavy (non-hydrogen) atoms. The molecule has 0 bridgehead atoms. The third-order valence-corrected chi connectivity index (χ3v) is 4.42. The number of hydrogen-bond donors (Lipinski definition) is 0. The summed E-state index contributed by atoms with van der Waals surface area (Å²) in [5.74, 6) is -0.704. The van der Waals surface area contributed by atoms with Gasteiger partial charge in [-0.05, 0) is 51.2 Å². The smallest absolute Gasteiger partial charge is 0.469 e. The fraction of sp³-hybridized carbons (Fsp3) is 0.562. The van der Waals surface area contributed by atoms with Crippen LogP contribution in [0, 0.1) is 5.82 Å². The molecule has 0 aromatic heterocycles. The molecule has 4 nitrogen and oxygen atoms in total. The summed E-state index contributed by atoms with van der Waals surface area (Å²) in [6.45, 7) is 7.87. The van der Waals surface area contributed by atoms with E-state index in [4.69, 9.17) is 9.31 Å². The fourth-order valence-corrected chi connectivity index (χ4v) is 2.25. The lowest BCUT2D eigenvalue weighted by atomic mass is 9.78. The quantitative estimate of drug-likeness (QED) is 0.632. The summed E-state index contributed by atoms with van der Waals surface area (Å²) in [6.07, 6.45) is 0.423. The number of halogens is 1. The second-order valence-corrected chi connectivity index (χ2v) is 6.52. The van der Waals surface area contributed by atoms with E-state index in [9.17, 15) is 9.18 Å². The number of hydrogen-bond acceptors (Lipinski definition) is 4. The number of carbonyl (C=O) groups is 1. The van der Waals surface area contributed by atoms with Crippen LogP contribution in [-0.4, -0.2) is 31.4 Å². The number of methoxy groups -OCH3 is 1. The molecule has 0 amide bonds. The average Bonchev–Trinajstić information content (AvgIpc) is 2.66. The normalized spacial score (nSPS) is 19.3. The molecule has 1 heterocycles. The van der Waals surface area contributed by atoms with Crippen LogP contribution >= 0.6 is 0 Å². The van der Waals surface area contributed by atoms with E-state index < -0.39 is 18.3 Å². The van der Waals surface area contributed by atoms with Crippen molar-refractivity contribution in [3.63, 3.8) is 0 Å². The molecular weight excluding hydrogens is 286 g/mol. The van der Waals surface area contributed by atoms with E-state index in [2.05, 4.69) is 4.74 Å². The molecule has 2 rings (SSSR count). The summed E-state index contributed by atoms with van der Waals surface area (Å²) in [6, 6.07) is 4.73. The van der Waals surface area contributed by atoms with Gasteiger partial charge in [0.2, 0.25) is 0 Å². The van der Waals surface area contributed by atoms with E-state index in [0.29, 0.717) is 5.56 Å². The van der Waals surface area contributed by atoms with Crippen molar-refractivity contribution in [2.45, 2.75) is 51.7 Å². The molecule has 1 saturated heterocycles.